The summed E-state index contributed by atoms with van der Waals surface area (Å²) in [6.07, 6.45) is 0. The van der Waals surface area contributed by atoms with Crippen LogP contribution in [0.15, 0.2) is 36.4 Å². The Morgan fingerprint density at radius 2 is 1.35 bits per heavy atom. The number of nitrogens with two attached hydrogens (primary N) is 4. The van der Waals surface area contributed by atoms with E-state index in [2.05, 4.69) is 0 Å². The molecule has 0 aliphatic heterocycles. The van der Waals surface area contributed by atoms with Crippen LogP contribution in [0.2, 0.25) is 0 Å². The molecule has 5 nitrogen and oxygen atoms in total. The first-order valence-corrected chi connectivity index (χ1v) is 5.04. The standard InChI is InChI=1S/C12H14N4O/c13-7-1-3-8(4-2-7)17-10-6-5-9(14)11(15)12(10)16/h1-6H,13-16H2. The zero-order valence-electron chi connectivity index (χ0n) is 9.18. The van der Waals surface area contributed by atoms with Crippen LogP contribution in [0, 0.1) is 0 Å². The highest BCUT2D eigenvalue weighted by Crippen LogP contribution is 2.35. The van der Waals surface area contributed by atoms with Gasteiger partial charge in [0.15, 0.2) is 5.75 Å². The molecule has 0 fully saturated rings. The minimum atomic E-state index is 0.331. The van der Waals surface area contributed by atoms with Gasteiger partial charge in [0.25, 0.3) is 0 Å². The second-order valence-corrected chi connectivity index (χ2v) is 3.65. The van der Waals surface area contributed by atoms with E-state index in [-0.39, 0.29) is 0 Å². The molecule has 0 amide bonds. The Kier molecular flexibility index (Phi) is 2.66. The van der Waals surface area contributed by atoms with Crippen LogP contribution >= 0.6 is 0 Å². The van der Waals surface area contributed by atoms with E-state index in [0.717, 1.165) is 0 Å². The van der Waals surface area contributed by atoms with Crippen LogP contribution < -0.4 is 27.7 Å². The Morgan fingerprint density at radius 1 is 0.706 bits per heavy atom. The van der Waals surface area contributed by atoms with Crippen LogP contribution in [0.5, 0.6) is 11.5 Å². The van der Waals surface area contributed by atoms with Crippen LogP contribution in [0.3, 0.4) is 0 Å². The maximum absolute atomic E-state index is 5.81. The fraction of sp³-hybridized carbons (Fsp3) is 0. The van der Waals surface area contributed by atoms with Crippen molar-refractivity contribution < 1.29 is 4.74 Å². The molecule has 17 heavy (non-hydrogen) atoms. The van der Waals surface area contributed by atoms with E-state index in [1.807, 2.05) is 0 Å². The lowest BCUT2D eigenvalue weighted by molar-refractivity contribution is 0.485. The smallest absolute Gasteiger partial charge is 0.152 e. The van der Waals surface area contributed by atoms with Crippen LogP contribution in [0.25, 0.3) is 0 Å². The molecule has 0 aliphatic carbocycles. The molecule has 2 aromatic carbocycles. The Bertz CT molecular complexity index is 537. The number of rotatable bonds is 2. The molecule has 0 spiro atoms. The first kappa shape index (κ1) is 10.9. The number of ether oxygens (including phenoxy) is 1. The quantitative estimate of drug-likeness (QED) is 0.587. The monoisotopic (exact) mass is 230 g/mol. The summed E-state index contributed by atoms with van der Waals surface area (Å²) < 4.78 is 5.58. The van der Waals surface area contributed by atoms with Crippen molar-refractivity contribution in [3.05, 3.63) is 36.4 Å². The molecule has 0 unspecified atom stereocenters. The third-order valence-electron chi connectivity index (χ3n) is 2.39. The summed E-state index contributed by atoms with van der Waals surface area (Å²) in [4.78, 5) is 0. The van der Waals surface area contributed by atoms with Gasteiger partial charge in [0, 0.05) is 5.69 Å². The van der Waals surface area contributed by atoms with E-state index in [1.165, 1.54) is 0 Å². The van der Waals surface area contributed by atoms with Crippen molar-refractivity contribution in [2.24, 2.45) is 0 Å². The average molecular weight is 230 g/mol. The van der Waals surface area contributed by atoms with E-state index in [0.29, 0.717) is 34.2 Å². The lowest BCUT2D eigenvalue weighted by Gasteiger charge is -2.11. The van der Waals surface area contributed by atoms with Gasteiger partial charge in [0.1, 0.15) is 11.4 Å². The molecule has 0 heterocycles. The number of nitrogen functional groups attached to an aromatic ring is 4. The molecule has 0 aliphatic rings. The fourth-order valence-electron chi connectivity index (χ4n) is 1.39. The molecule has 0 radical (unpaired) electrons. The van der Waals surface area contributed by atoms with E-state index in [4.69, 9.17) is 27.7 Å². The van der Waals surface area contributed by atoms with E-state index < -0.39 is 0 Å². The van der Waals surface area contributed by atoms with Gasteiger partial charge >= 0.3 is 0 Å². The van der Waals surface area contributed by atoms with E-state index in [9.17, 15) is 0 Å². The molecule has 2 aromatic rings. The third-order valence-corrected chi connectivity index (χ3v) is 2.39. The molecule has 0 aromatic heterocycles. The zero-order chi connectivity index (χ0) is 12.4. The predicted octanol–water partition coefficient (Wildman–Crippen LogP) is 1.81. The van der Waals surface area contributed by atoms with Crippen molar-refractivity contribution in [1.29, 1.82) is 0 Å². The molecule has 8 N–H and O–H groups in total. The van der Waals surface area contributed by atoms with Gasteiger partial charge < -0.3 is 27.7 Å². The summed E-state index contributed by atoms with van der Waals surface area (Å²) in [5, 5.41) is 0. The largest absolute Gasteiger partial charge is 0.455 e. The highest BCUT2D eigenvalue weighted by atomic mass is 16.5. The zero-order valence-corrected chi connectivity index (χ0v) is 9.18. The topological polar surface area (TPSA) is 113 Å². The fourth-order valence-corrected chi connectivity index (χ4v) is 1.39. The lowest BCUT2D eigenvalue weighted by Crippen LogP contribution is -2.01. The number of benzene rings is 2. The van der Waals surface area contributed by atoms with Crippen LogP contribution in [0.4, 0.5) is 22.7 Å². The lowest BCUT2D eigenvalue weighted by atomic mass is 10.2. The van der Waals surface area contributed by atoms with Crippen molar-refractivity contribution in [2.75, 3.05) is 22.9 Å². The number of hydrogen-bond acceptors (Lipinski definition) is 5. The van der Waals surface area contributed by atoms with Gasteiger partial charge in [-0.2, -0.15) is 0 Å². The van der Waals surface area contributed by atoms with Crippen molar-refractivity contribution in [3.8, 4) is 11.5 Å². The normalized spacial score (nSPS) is 10.1. The van der Waals surface area contributed by atoms with Crippen LogP contribution in [-0.2, 0) is 0 Å². The van der Waals surface area contributed by atoms with Crippen molar-refractivity contribution in [2.45, 2.75) is 0 Å². The third kappa shape index (κ3) is 2.17. The van der Waals surface area contributed by atoms with Gasteiger partial charge in [-0.05, 0) is 36.4 Å². The summed E-state index contributed by atoms with van der Waals surface area (Å²) >= 11 is 0. The summed E-state index contributed by atoms with van der Waals surface area (Å²) in [6.45, 7) is 0. The van der Waals surface area contributed by atoms with Gasteiger partial charge in [-0.25, -0.2) is 0 Å². The maximum atomic E-state index is 5.81. The predicted molar refractivity (Wildman–Crippen MR) is 70.6 cm³/mol. The van der Waals surface area contributed by atoms with E-state index in [1.54, 1.807) is 36.4 Å². The summed E-state index contributed by atoms with van der Waals surface area (Å²) in [6, 6.07) is 10.3. The first-order valence-electron chi connectivity index (χ1n) is 5.04. The first-order chi connectivity index (χ1) is 8.08. The van der Waals surface area contributed by atoms with Gasteiger partial charge in [-0.15, -0.1) is 0 Å². The second kappa shape index (κ2) is 4.13. The summed E-state index contributed by atoms with van der Waals surface area (Å²) in [7, 11) is 0. The number of anilines is 4. The molecule has 2 rings (SSSR count). The molecule has 0 saturated heterocycles. The van der Waals surface area contributed by atoms with Gasteiger partial charge in [-0.3, -0.25) is 0 Å². The Labute approximate surface area is 99.0 Å². The molecule has 0 saturated carbocycles. The molecular weight excluding hydrogens is 216 g/mol. The molecular formula is C12H14N4O. The van der Waals surface area contributed by atoms with E-state index >= 15 is 0 Å². The van der Waals surface area contributed by atoms with Crippen molar-refractivity contribution in [1.82, 2.24) is 0 Å². The summed E-state index contributed by atoms with van der Waals surface area (Å²) in [5.41, 5.74) is 24.5. The average Bonchev–Trinajstić information content (AvgIpc) is 2.33. The second-order valence-electron chi connectivity index (χ2n) is 3.65. The molecule has 88 valence electrons. The highest BCUT2D eigenvalue weighted by molar-refractivity contribution is 5.82. The molecule has 0 atom stereocenters. The minimum absolute atomic E-state index is 0.331. The van der Waals surface area contributed by atoms with Gasteiger partial charge in [0.05, 0.1) is 11.4 Å². The van der Waals surface area contributed by atoms with Gasteiger partial charge in [0.2, 0.25) is 0 Å². The minimum Gasteiger partial charge on any atom is -0.455 e. The summed E-state index contributed by atoms with van der Waals surface area (Å²) in [5.74, 6) is 1.11. The Balaban J connectivity index is 2.30. The van der Waals surface area contributed by atoms with Crippen molar-refractivity contribution in [3.63, 3.8) is 0 Å². The van der Waals surface area contributed by atoms with Crippen LogP contribution in [0.1, 0.15) is 0 Å². The van der Waals surface area contributed by atoms with Gasteiger partial charge in [-0.1, -0.05) is 0 Å². The van der Waals surface area contributed by atoms with Crippen molar-refractivity contribution >= 4 is 22.7 Å². The molecule has 5 heteroatoms. The maximum Gasteiger partial charge on any atom is 0.152 e. The molecule has 0 bridgehead atoms. The highest BCUT2D eigenvalue weighted by Gasteiger charge is 2.07. The SMILES string of the molecule is Nc1ccc(Oc2ccc(N)c(N)c2N)cc1. The Morgan fingerprint density at radius 3 is 2.00 bits per heavy atom. The Hall–Kier alpha value is -2.56. The van der Waals surface area contributed by atoms with Crippen LogP contribution in [-0.4, -0.2) is 0 Å². The number of hydrogen-bond donors (Lipinski definition) is 4.